The van der Waals surface area contributed by atoms with E-state index in [-0.39, 0.29) is 0 Å². The van der Waals surface area contributed by atoms with Crippen LogP contribution < -0.4 is 5.32 Å². The molecule has 4 rings (SSSR count). The summed E-state index contributed by atoms with van der Waals surface area (Å²) in [5.74, 6) is 0.693. The predicted molar refractivity (Wildman–Crippen MR) is 127 cm³/mol. The second-order valence-electron chi connectivity index (χ2n) is 7.24. The summed E-state index contributed by atoms with van der Waals surface area (Å²) in [5, 5.41) is 6.29. The van der Waals surface area contributed by atoms with Crippen LogP contribution in [0.4, 0.5) is 5.69 Å². The van der Waals surface area contributed by atoms with Gasteiger partial charge < -0.3 is 5.32 Å². The Morgan fingerprint density at radius 3 is 2.54 bits per heavy atom. The number of aromatic nitrogens is 1. The number of fused-ring (bicyclic) bond motifs is 1. The molecule has 0 saturated heterocycles. The van der Waals surface area contributed by atoms with E-state index in [0.717, 1.165) is 17.7 Å². The molecule has 1 aliphatic rings. The number of nitrogens with zero attached hydrogens (tertiary/aromatic N) is 1. The Bertz CT molecular complexity index is 862. The average molecular weight is 435 g/mol. The Kier molecular flexibility index (Phi) is 8.19. The van der Waals surface area contributed by atoms with Gasteiger partial charge in [-0.15, -0.1) is 22.7 Å². The molecule has 0 aliphatic heterocycles. The third kappa shape index (κ3) is 5.08. The molecule has 2 nitrogen and oxygen atoms in total. The van der Waals surface area contributed by atoms with Crippen molar-refractivity contribution in [1.29, 1.82) is 0 Å². The standard InChI is InChI=1S/C21H25ClN2S2.C2H6/c1-14-19-21(26-20(14)15-8-5-3-2-4-6-9-15)17(12-18(22)24-19)23-13-16-10-7-11-25-16;1-2/h7,10-12,15H,2-6,8-9,13H2,1H3,(H,23,24);1-2H3. The van der Waals surface area contributed by atoms with Crippen molar-refractivity contribution in [1.82, 2.24) is 4.98 Å². The van der Waals surface area contributed by atoms with Gasteiger partial charge in [0.25, 0.3) is 0 Å². The van der Waals surface area contributed by atoms with E-state index >= 15 is 0 Å². The Labute approximate surface area is 182 Å². The number of aryl methyl sites for hydroxylation is 1. The van der Waals surface area contributed by atoms with Crippen LogP contribution in [0.15, 0.2) is 23.6 Å². The molecule has 3 aromatic rings. The van der Waals surface area contributed by atoms with Crippen molar-refractivity contribution in [3.8, 4) is 0 Å². The Morgan fingerprint density at radius 1 is 1.14 bits per heavy atom. The van der Waals surface area contributed by atoms with Crippen molar-refractivity contribution >= 4 is 50.2 Å². The summed E-state index contributed by atoms with van der Waals surface area (Å²) in [5.41, 5.74) is 3.56. The van der Waals surface area contributed by atoms with Gasteiger partial charge >= 0.3 is 0 Å². The normalized spacial score (nSPS) is 15.6. The summed E-state index contributed by atoms with van der Waals surface area (Å²) in [6.07, 6.45) is 9.53. The van der Waals surface area contributed by atoms with Crippen LogP contribution in [0.2, 0.25) is 5.15 Å². The van der Waals surface area contributed by atoms with Gasteiger partial charge in [-0.25, -0.2) is 4.98 Å². The van der Waals surface area contributed by atoms with Gasteiger partial charge in [0.2, 0.25) is 0 Å². The summed E-state index contributed by atoms with van der Waals surface area (Å²) in [6.45, 7) is 7.07. The quantitative estimate of drug-likeness (QED) is 0.415. The fourth-order valence-electron chi connectivity index (χ4n) is 4.00. The number of nitrogens with one attached hydrogen (secondary N) is 1. The van der Waals surface area contributed by atoms with Crippen LogP contribution in [0.1, 0.15) is 80.0 Å². The fraction of sp³-hybridized carbons (Fsp3) is 0.522. The molecule has 1 aliphatic carbocycles. The van der Waals surface area contributed by atoms with Gasteiger partial charge in [-0.1, -0.05) is 63.6 Å². The van der Waals surface area contributed by atoms with Gasteiger partial charge in [-0.3, -0.25) is 0 Å². The molecule has 0 unspecified atom stereocenters. The first-order valence-corrected chi connectivity index (χ1v) is 12.7. The van der Waals surface area contributed by atoms with Crippen molar-refractivity contribution in [3.05, 3.63) is 44.1 Å². The summed E-state index contributed by atoms with van der Waals surface area (Å²) >= 11 is 10.1. The van der Waals surface area contributed by atoms with Crippen LogP contribution >= 0.6 is 34.3 Å². The molecular weight excluding hydrogens is 404 g/mol. The van der Waals surface area contributed by atoms with E-state index in [9.17, 15) is 0 Å². The Balaban J connectivity index is 0.00000109. The molecule has 3 aromatic heterocycles. The highest BCUT2D eigenvalue weighted by Crippen LogP contribution is 2.43. The van der Waals surface area contributed by atoms with Gasteiger partial charge in [0.15, 0.2) is 0 Å². The molecule has 1 saturated carbocycles. The minimum Gasteiger partial charge on any atom is -0.379 e. The third-order valence-corrected chi connectivity index (χ3v) is 7.93. The highest BCUT2D eigenvalue weighted by Gasteiger charge is 2.22. The molecule has 3 heterocycles. The number of thiophene rings is 2. The third-order valence-electron chi connectivity index (χ3n) is 5.39. The number of anilines is 1. The first kappa shape index (κ1) is 21.6. The van der Waals surface area contributed by atoms with Gasteiger partial charge in [0.05, 0.1) is 15.9 Å². The molecule has 0 amide bonds. The van der Waals surface area contributed by atoms with Gasteiger partial charge in [-0.2, -0.15) is 0 Å². The molecule has 0 atom stereocenters. The molecule has 1 N–H and O–H groups in total. The Morgan fingerprint density at radius 2 is 1.86 bits per heavy atom. The van der Waals surface area contributed by atoms with Crippen molar-refractivity contribution in [2.45, 2.75) is 78.2 Å². The maximum absolute atomic E-state index is 6.36. The highest BCUT2D eigenvalue weighted by molar-refractivity contribution is 7.20. The summed E-state index contributed by atoms with van der Waals surface area (Å²) in [7, 11) is 0. The predicted octanol–water partition coefficient (Wildman–Crippen LogP) is 8.79. The molecule has 0 spiro atoms. The zero-order valence-electron chi connectivity index (χ0n) is 17.2. The number of hydrogen-bond donors (Lipinski definition) is 1. The van der Waals surface area contributed by atoms with Crippen LogP contribution in [0.25, 0.3) is 10.2 Å². The summed E-state index contributed by atoms with van der Waals surface area (Å²) in [4.78, 5) is 7.55. The van der Waals surface area contributed by atoms with Crippen LogP contribution in [-0.4, -0.2) is 4.98 Å². The van der Waals surface area contributed by atoms with Crippen LogP contribution in [0.3, 0.4) is 0 Å². The lowest BCUT2D eigenvalue weighted by Crippen LogP contribution is -2.01. The highest BCUT2D eigenvalue weighted by atomic mass is 35.5. The molecule has 0 bridgehead atoms. The van der Waals surface area contributed by atoms with E-state index in [4.69, 9.17) is 11.6 Å². The van der Waals surface area contributed by atoms with Crippen molar-refractivity contribution in [2.75, 3.05) is 5.32 Å². The van der Waals surface area contributed by atoms with E-state index in [0.29, 0.717) is 11.1 Å². The number of halogens is 1. The second-order valence-corrected chi connectivity index (χ2v) is 9.71. The molecule has 5 heteroatoms. The van der Waals surface area contributed by atoms with E-state index in [2.05, 4.69) is 34.7 Å². The monoisotopic (exact) mass is 434 g/mol. The van der Waals surface area contributed by atoms with Crippen molar-refractivity contribution < 1.29 is 0 Å². The average Bonchev–Trinajstić information content (AvgIpc) is 3.30. The zero-order valence-corrected chi connectivity index (χ0v) is 19.6. The molecule has 1 fully saturated rings. The first-order chi connectivity index (χ1) is 13.7. The maximum atomic E-state index is 6.36. The van der Waals surface area contributed by atoms with Crippen LogP contribution in [-0.2, 0) is 6.54 Å². The van der Waals surface area contributed by atoms with Crippen LogP contribution in [0, 0.1) is 6.92 Å². The molecule has 0 aromatic carbocycles. The number of hydrogen-bond acceptors (Lipinski definition) is 4. The summed E-state index contributed by atoms with van der Waals surface area (Å²) < 4.78 is 1.26. The van der Waals surface area contributed by atoms with Gasteiger partial charge in [0.1, 0.15) is 5.15 Å². The molecule has 152 valence electrons. The van der Waals surface area contributed by atoms with Crippen molar-refractivity contribution in [2.24, 2.45) is 0 Å². The lowest BCUT2D eigenvalue weighted by Gasteiger charge is -2.19. The lowest BCUT2D eigenvalue weighted by atomic mass is 9.89. The van der Waals surface area contributed by atoms with E-state index in [1.165, 1.54) is 65.0 Å². The minimum atomic E-state index is 0.580. The molecular formula is C23H31ClN2S2. The zero-order chi connectivity index (χ0) is 19.9. The topological polar surface area (TPSA) is 24.9 Å². The van der Waals surface area contributed by atoms with Gasteiger partial charge in [-0.05, 0) is 42.7 Å². The second kappa shape index (κ2) is 10.6. The minimum absolute atomic E-state index is 0.580. The first-order valence-electron chi connectivity index (χ1n) is 10.6. The fourth-order valence-corrected chi connectivity index (χ4v) is 6.24. The van der Waals surface area contributed by atoms with Crippen molar-refractivity contribution in [3.63, 3.8) is 0 Å². The largest absolute Gasteiger partial charge is 0.379 e. The smallest absolute Gasteiger partial charge is 0.131 e. The van der Waals surface area contributed by atoms with Crippen LogP contribution in [0.5, 0.6) is 0 Å². The van der Waals surface area contributed by atoms with E-state index < -0.39 is 0 Å². The Hall–Kier alpha value is -1.10. The number of pyridine rings is 1. The summed E-state index contributed by atoms with van der Waals surface area (Å²) in [6, 6.07) is 6.24. The SMILES string of the molecule is CC.Cc1c(C2CCCCCCC2)sc2c(NCc3cccs3)cc(Cl)nc12. The lowest BCUT2D eigenvalue weighted by molar-refractivity contribution is 0.459. The maximum Gasteiger partial charge on any atom is 0.131 e. The number of rotatable bonds is 4. The van der Waals surface area contributed by atoms with Gasteiger partial charge in [0, 0.05) is 22.4 Å². The van der Waals surface area contributed by atoms with E-state index in [1.54, 1.807) is 11.3 Å². The van der Waals surface area contributed by atoms with E-state index in [1.807, 2.05) is 31.3 Å². The molecule has 0 radical (unpaired) electrons. The molecule has 28 heavy (non-hydrogen) atoms.